The third kappa shape index (κ3) is 3.88. The fraction of sp³-hybridized carbons (Fsp3) is 0.300. The van der Waals surface area contributed by atoms with Gasteiger partial charge in [-0.1, -0.05) is 0 Å². The first-order chi connectivity index (χ1) is 7.57. The van der Waals surface area contributed by atoms with E-state index in [0.717, 1.165) is 0 Å². The van der Waals surface area contributed by atoms with Gasteiger partial charge in [-0.05, 0) is 24.3 Å². The second-order valence-electron chi connectivity index (χ2n) is 3.10. The highest BCUT2D eigenvalue weighted by Crippen LogP contribution is 2.10. The van der Waals surface area contributed by atoms with Gasteiger partial charge in [0.25, 0.3) is 0 Å². The lowest BCUT2D eigenvalue weighted by Crippen LogP contribution is -2.19. The van der Waals surface area contributed by atoms with Crippen molar-refractivity contribution in [3.63, 3.8) is 0 Å². The SMILES string of the molecule is COCCS(=O)(=O)Nc1ccc(C#N)cc1. The van der Waals surface area contributed by atoms with E-state index < -0.39 is 10.0 Å². The third-order valence-electron chi connectivity index (χ3n) is 1.84. The average molecular weight is 240 g/mol. The van der Waals surface area contributed by atoms with E-state index in [4.69, 9.17) is 5.26 Å². The van der Waals surface area contributed by atoms with E-state index >= 15 is 0 Å². The molecular formula is C10H12N2O3S. The van der Waals surface area contributed by atoms with Crippen LogP contribution in [0.5, 0.6) is 0 Å². The van der Waals surface area contributed by atoms with E-state index in [1.165, 1.54) is 7.11 Å². The number of nitrogens with one attached hydrogen (secondary N) is 1. The summed E-state index contributed by atoms with van der Waals surface area (Å²) < 4.78 is 30.0. The summed E-state index contributed by atoms with van der Waals surface area (Å²) in [5.74, 6) is -0.0937. The Morgan fingerprint density at radius 2 is 2.00 bits per heavy atom. The molecule has 86 valence electrons. The van der Waals surface area contributed by atoms with E-state index in [1.807, 2.05) is 6.07 Å². The Kier molecular flexibility index (Phi) is 4.28. The molecule has 0 aliphatic rings. The normalized spacial score (nSPS) is 10.8. The van der Waals surface area contributed by atoms with Crippen LogP contribution < -0.4 is 4.72 Å². The molecule has 0 atom stereocenters. The van der Waals surface area contributed by atoms with Crippen LogP contribution in [0.25, 0.3) is 0 Å². The molecule has 1 rings (SSSR count). The van der Waals surface area contributed by atoms with Gasteiger partial charge in [0, 0.05) is 12.8 Å². The fourth-order valence-electron chi connectivity index (χ4n) is 1.04. The Morgan fingerprint density at radius 1 is 1.38 bits per heavy atom. The summed E-state index contributed by atoms with van der Waals surface area (Å²) in [6.07, 6.45) is 0. The summed E-state index contributed by atoms with van der Waals surface area (Å²) in [5.41, 5.74) is 0.926. The van der Waals surface area contributed by atoms with Crippen molar-refractivity contribution >= 4 is 15.7 Å². The molecule has 0 amide bonds. The topological polar surface area (TPSA) is 79.2 Å². The second-order valence-corrected chi connectivity index (χ2v) is 4.94. The van der Waals surface area contributed by atoms with Gasteiger partial charge in [-0.25, -0.2) is 8.42 Å². The highest BCUT2D eigenvalue weighted by atomic mass is 32.2. The number of sulfonamides is 1. The van der Waals surface area contributed by atoms with Gasteiger partial charge >= 0.3 is 0 Å². The van der Waals surface area contributed by atoms with E-state index in [0.29, 0.717) is 11.3 Å². The molecule has 0 aliphatic heterocycles. The average Bonchev–Trinajstić information content (AvgIpc) is 2.27. The Balaban J connectivity index is 2.70. The van der Waals surface area contributed by atoms with E-state index in [-0.39, 0.29) is 12.4 Å². The van der Waals surface area contributed by atoms with Gasteiger partial charge in [0.2, 0.25) is 10.0 Å². The minimum Gasteiger partial charge on any atom is -0.384 e. The first-order valence-electron chi connectivity index (χ1n) is 4.57. The molecule has 5 nitrogen and oxygen atoms in total. The lowest BCUT2D eigenvalue weighted by molar-refractivity contribution is 0.217. The van der Waals surface area contributed by atoms with Gasteiger partial charge in [-0.2, -0.15) is 5.26 Å². The number of hydrogen-bond acceptors (Lipinski definition) is 4. The minimum absolute atomic E-state index is 0.0937. The second kappa shape index (κ2) is 5.49. The standard InChI is InChI=1S/C10H12N2O3S/c1-15-6-7-16(13,14)12-10-4-2-9(8-11)3-5-10/h2-5,12H,6-7H2,1H3. The Bertz CT molecular complexity index is 474. The van der Waals surface area contributed by atoms with Crippen LogP contribution in [0.15, 0.2) is 24.3 Å². The van der Waals surface area contributed by atoms with Gasteiger partial charge in [0.1, 0.15) is 0 Å². The molecule has 16 heavy (non-hydrogen) atoms. The lowest BCUT2D eigenvalue weighted by Gasteiger charge is -2.07. The quantitative estimate of drug-likeness (QED) is 0.830. The van der Waals surface area contributed by atoms with Crippen LogP contribution in [0.3, 0.4) is 0 Å². The molecule has 1 N–H and O–H groups in total. The lowest BCUT2D eigenvalue weighted by atomic mass is 10.2. The van der Waals surface area contributed by atoms with Crippen LogP contribution >= 0.6 is 0 Å². The third-order valence-corrected chi connectivity index (χ3v) is 3.09. The molecule has 0 saturated heterocycles. The number of rotatable bonds is 5. The van der Waals surface area contributed by atoms with Crippen LogP contribution in [0.4, 0.5) is 5.69 Å². The molecule has 1 aromatic carbocycles. The van der Waals surface area contributed by atoms with Gasteiger partial charge in [0.05, 0.1) is 24.0 Å². The fourth-order valence-corrected chi connectivity index (χ4v) is 2.02. The molecule has 0 fully saturated rings. The van der Waals surface area contributed by atoms with Crippen molar-refractivity contribution in [2.75, 3.05) is 24.2 Å². The number of benzene rings is 1. The summed E-state index contributed by atoms with van der Waals surface area (Å²) in [6.45, 7) is 0.144. The van der Waals surface area contributed by atoms with Crippen molar-refractivity contribution in [3.05, 3.63) is 29.8 Å². The predicted octanol–water partition coefficient (Wildman–Crippen LogP) is 0.946. The summed E-state index contributed by atoms with van der Waals surface area (Å²) in [4.78, 5) is 0. The van der Waals surface area contributed by atoms with Crippen LogP contribution in [-0.4, -0.2) is 27.9 Å². The molecule has 6 heteroatoms. The maximum Gasteiger partial charge on any atom is 0.234 e. The number of ether oxygens (including phenoxy) is 1. The first kappa shape index (κ1) is 12.5. The monoisotopic (exact) mass is 240 g/mol. The smallest absolute Gasteiger partial charge is 0.234 e. The Labute approximate surface area is 94.7 Å². The summed E-state index contributed by atoms with van der Waals surface area (Å²) in [5, 5.41) is 8.57. The molecule has 0 spiro atoms. The van der Waals surface area contributed by atoms with E-state index in [1.54, 1.807) is 24.3 Å². The number of nitriles is 1. The summed E-state index contributed by atoms with van der Waals surface area (Å²) >= 11 is 0. The maximum atomic E-state index is 11.5. The number of anilines is 1. The van der Waals surface area contributed by atoms with Crippen LogP contribution in [0.2, 0.25) is 0 Å². The zero-order valence-corrected chi connectivity index (χ0v) is 9.62. The maximum absolute atomic E-state index is 11.5. The minimum atomic E-state index is -3.37. The van der Waals surface area contributed by atoms with Crippen molar-refractivity contribution in [3.8, 4) is 6.07 Å². The van der Waals surface area contributed by atoms with Crippen LogP contribution in [0, 0.1) is 11.3 Å². The van der Waals surface area contributed by atoms with Gasteiger partial charge in [0.15, 0.2) is 0 Å². The molecule has 0 unspecified atom stereocenters. The number of methoxy groups -OCH3 is 1. The largest absolute Gasteiger partial charge is 0.384 e. The highest BCUT2D eigenvalue weighted by molar-refractivity contribution is 7.92. The molecular weight excluding hydrogens is 228 g/mol. The van der Waals surface area contributed by atoms with Gasteiger partial charge in [-0.15, -0.1) is 0 Å². The zero-order chi connectivity index (χ0) is 12.0. The molecule has 0 aromatic heterocycles. The van der Waals surface area contributed by atoms with Gasteiger partial charge < -0.3 is 4.74 Å². The van der Waals surface area contributed by atoms with Crippen molar-refractivity contribution < 1.29 is 13.2 Å². The predicted molar refractivity (Wildman–Crippen MR) is 60.4 cm³/mol. The Morgan fingerprint density at radius 3 is 2.50 bits per heavy atom. The van der Waals surface area contributed by atoms with Gasteiger partial charge in [-0.3, -0.25) is 4.72 Å². The summed E-state index contributed by atoms with van der Waals surface area (Å²) in [6, 6.07) is 8.14. The number of hydrogen-bond donors (Lipinski definition) is 1. The Hall–Kier alpha value is -1.58. The molecule has 0 aliphatic carbocycles. The van der Waals surface area contributed by atoms with E-state index in [2.05, 4.69) is 9.46 Å². The molecule has 0 heterocycles. The summed E-state index contributed by atoms with van der Waals surface area (Å²) in [7, 11) is -1.93. The first-order valence-corrected chi connectivity index (χ1v) is 6.22. The van der Waals surface area contributed by atoms with Crippen molar-refractivity contribution in [2.45, 2.75) is 0 Å². The van der Waals surface area contributed by atoms with Crippen molar-refractivity contribution in [2.24, 2.45) is 0 Å². The molecule has 0 radical (unpaired) electrons. The molecule has 0 saturated carbocycles. The molecule has 1 aromatic rings. The van der Waals surface area contributed by atoms with E-state index in [9.17, 15) is 8.42 Å². The molecule has 0 bridgehead atoms. The highest BCUT2D eigenvalue weighted by Gasteiger charge is 2.09. The number of nitrogens with zero attached hydrogens (tertiary/aromatic N) is 1. The zero-order valence-electron chi connectivity index (χ0n) is 8.80. The van der Waals surface area contributed by atoms with Crippen LogP contribution in [-0.2, 0) is 14.8 Å². The van der Waals surface area contributed by atoms with Crippen molar-refractivity contribution in [1.82, 2.24) is 0 Å². The van der Waals surface area contributed by atoms with Crippen molar-refractivity contribution in [1.29, 1.82) is 5.26 Å². The van der Waals surface area contributed by atoms with Crippen LogP contribution in [0.1, 0.15) is 5.56 Å².